The van der Waals surface area contributed by atoms with Gasteiger partial charge < -0.3 is 11.2 Å². The maximum Gasteiger partial charge on any atom is 0.294 e. The number of halogens is 1. The van der Waals surface area contributed by atoms with Crippen molar-refractivity contribution in [2.45, 2.75) is 24.3 Å². The molecule has 2 rings (SSSR count). The summed E-state index contributed by atoms with van der Waals surface area (Å²) < 4.78 is 1.83. The zero-order valence-electron chi connectivity index (χ0n) is 11.9. The van der Waals surface area contributed by atoms with E-state index in [1.54, 1.807) is 19.1 Å². The van der Waals surface area contributed by atoms with Crippen molar-refractivity contribution in [3.05, 3.63) is 44.8 Å². The molecule has 22 heavy (non-hydrogen) atoms. The molecule has 0 spiro atoms. The topological polar surface area (TPSA) is 103 Å². The maximum absolute atomic E-state index is 12.1. The summed E-state index contributed by atoms with van der Waals surface area (Å²) in [5.41, 5.74) is 0.456. The molecule has 1 heterocycles. The number of rotatable bonds is 4. The van der Waals surface area contributed by atoms with Crippen LogP contribution in [0.3, 0.4) is 0 Å². The van der Waals surface area contributed by atoms with Crippen LogP contribution in [0.5, 0.6) is 0 Å². The number of hydrogen-bond acceptors (Lipinski definition) is 6. The van der Waals surface area contributed by atoms with Crippen molar-refractivity contribution < 1.29 is 4.79 Å². The van der Waals surface area contributed by atoms with Crippen LogP contribution < -0.4 is 16.7 Å². The monoisotopic (exact) mass is 383 g/mol. The second-order valence-electron chi connectivity index (χ2n) is 4.50. The first-order valence-corrected chi connectivity index (χ1v) is 8.00. The van der Waals surface area contributed by atoms with Gasteiger partial charge in [-0.25, -0.2) is 0 Å². The van der Waals surface area contributed by atoms with Crippen LogP contribution in [-0.4, -0.2) is 26.0 Å². The second kappa shape index (κ2) is 6.93. The Balaban J connectivity index is 2.07. The quantitative estimate of drug-likeness (QED) is 0.613. The number of benzene rings is 1. The smallest absolute Gasteiger partial charge is 0.294 e. The summed E-state index contributed by atoms with van der Waals surface area (Å²) in [6, 6.07) is 7.22. The third-order valence-electron chi connectivity index (χ3n) is 2.78. The standard InChI is InChI=1S/C13H14BrN5O2S/c1-7-12(21)19(15)13(18-17-7)22-8(2)11(20)16-10-5-3-9(14)4-6-10/h3-6,8H,15H2,1-2H3,(H,16,20)/t8-/m1/s1. The molecule has 7 nitrogen and oxygen atoms in total. The van der Waals surface area contributed by atoms with Gasteiger partial charge in [-0.15, -0.1) is 10.2 Å². The van der Waals surface area contributed by atoms with E-state index >= 15 is 0 Å². The summed E-state index contributed by atoms with van der Waals surface area (Å²) in [7, 11) is 0. The predicted octanol–water partition coefficient (Wildman–Crippen LogP) is 1.54. The number of nitrogens with zero attached hydrogens (tertiary/aromatic N) is 3. The Bertz CT molecular complexity index is 747. The molecule has 0 fully saturated rings. The fourth-order valence-corrected chi connectivity index (χ4v) is 2.57. The van der Waals surface area contributed by atoms with E-state index in [0.717, 1.165) is 20.9 Å². The highest BCUT2D eigenvalue weighted by molar-refractivity contribution is 9.10. The number of nitrogens with one attached hydrogen (secondary N) is 1. The molecule has 0 saturated carbocycles. The van der Waals surface area contributed by atoms with Gasteiger partial charge in [-0.1, -0.05) is 27.7 Å². The zero-order valence-corrected chi connectivity index (χ0v) is 14.3. The lowest BCUT2D eigenvalue weighted by Crippen LogP contribution is -2.33. The van der Waals surface area contributed by atoms with Gasteiger partial charge in [0.15, 0.2) is 0 Å². The van der Waals surface area contributed by atoms with Crippen LogP contribution >= 0.6 is 27.7 Å². The first-order chi connectivity index (χ1) is 10.4. The number of amides is 1. The SMILES string of the molecule is Cc1nnc(S[C@H](C)C(=O)Nc2ccc(Br)cc2)n(N)c1=O. The summed E-state index contributed by atoms with van der Waals surface area (Å²) in [6.45, 7) is 3.22. The number of thioether (sulfide) groups is 1. The molecule has 9 heteroatoms. The van der Waals surface area contributed by atoms with E-state index in [1.165, 1.54) is 6.92 Å². The van der Waals surface area contributed by atoms with Crippen LogP contribution in [0.1, 0.15) is 12.6 Å². The van der Waals surface area contributed by atoms with Gasteiger partial charge in [-0.2, -0.15) is 4.68 Å². The van der Waals surface area contributed by atoms with Crippen LogP contribution in [0.2, 0.25) is 0 Å². The van der Waals surface area contributed by atoms with Crippen LogP contribution in [0.15, 0.2) is 38.7 Å². The predicted molar refractivity (Wildman–Crippen MR) is 89.3 cm³/mol. The van der Waals surface area contributed by atoms with Crippen LogP contribution in [0.4, 0.5) is 5.69 Å². The molecule has 0 aliphatic rings. The number of aromatic nitrogens is 3. The number of hydrogen-bond donors (Lipinski definition) is 2. The Morgan fingerprint density at radius 1 is 1.36 bits per heavy atom. The highest BCUT2D eigenvalue weighted by Crippen LogP contribution is 2.21. The molecule has 1 amide bonds. The van der Waals surface area contributed by atoms with Crippen molar-refractivity contribution in [1.82, 2.24) is 14.9 Å². The number of nitrogen functional groups attached to an aromatic ring is 1. The molecule has 0 aliphatic carbocycles. The van der Waals surface area contributed by atoms with E-state index in [0.29, 0.717) is 5.69 Å². The first kappa shape index (κ1) is 16.5. The largest absolute Gasteiger partial charge is 0.334 e. The Labute approximate surface area is 139 Å². The van der Waals surface area contributed by atoms with Gasteiger partial charge in [0, 0.05) is 10.2 Å². The lowest BCUT2D eigenvalue weighted by molar-refractivity contribution is -0.115. The van der Waals surface area contributed by atoms with E-state index < -0.39 is 10.8 Å². The van der Waals surface area contributed by atoms with E-state index in [2.05, 4.69) is 31.4 Å². The average molecular weight is 384 g/mol. The molecular formula is C13H14BrN5O2S. The fourth-order valence-electron chi connectivity index (χ4n) is 1.54. The Kier molecular flexibility index (Phi) is 5.19. The molecule has 1 atom stereocenters. The van der Waals surface area contributed by atoms with Crippen molar-refractivity contribution in [2.75, 3.05) is 11.2 Å². The minimum atomic E-state index is -0.491. The normalized spacial score (nSPS) is 12.0. The van der Waals surface area contributed by atoms with Gasteiger partial charge in [0.25, 0.3) is 5.56 Å². The Morgan fingerprint density at radius 3 is 2.64 bits per heavy atom. The molecule has 0 bridgehead atoms. The molecular weight excluding hydrogens is 370 g/mol. The van der Waals surface area contributed by atoms with Crippen LogP contribution in [-0.2, 0) is 4.79 Å². The number of carbonyl (C=O) groups is 1. The molecule has 3 N–H and O–H groups in total. The minimum Gasteiger partial charge on any atom is -0.334 e. The van der Waals surface area contributed by atoms with Crippen LogP contribution in [0.25, 0.3) is 0 Å². The summed E-state index contributed by atoms with van der Waals surface area (Å²) in [4.78, 5) is 23.8. The first-order valence-electron chi connectivity index (χ1n) is 6.33. The molecule has 0 aliphatic heterocycles. The van der Waals surface area contributed by atoms with Crippen LogP contribution in [0, 0.1) is 6.92 Å². The number of nitrogens with two attached hydrogens (primary N) is 1. The molecule has 116 valence electrons. The molecule has 0 radical (unpaired) electrons. The average Bonchev–Trinajstić information content (AvgIpc) is 2.50. The van der Waals surface area contributed by atoms with E-state index in [1.807, 2.05) is 12.1 Å². The summed E-state index contributed by atoms with van der Waals surface area (Å²) in [6.07, 6.45) is 0. The Hall–Kier alpha value is -1.87. The van der Waals surface area contributed by atoms with Crippen molar-refractivity contribution in [2.24, 2.45) is 0 Å². The maximum atomic E-state index is 12.1. The van der Waals surface area contributed by atoms with E-state index in [9.17, 15) is 9.59 Å². The number of aryl methyl sites for hydroxylation is 1. The lowest BCUT2D eigenvalue weighted by atomic mass is 10.3. The fraction of sp³-hybridized carbons (Fsp3) is 0.231. The molecule has 1 aromatic heterocycles. The van der Waals surface area contributed by atoms with Gasteiger partial charge in [-0.3, -0.25) is 9.59 Å². The van der Waals surface area contributed by atoms with Crippen molar-refractivity contribution in [3.63, 3.8) is 0 Å². The minimum absolute atomic E-state index is 0.189. The van der Waals surface area contributed by atoms with Gasteiger partial charge in [0.2, 0.25) is 11.1 Å². The van der Waals surface area contributed by atoms with Crippen molar-refractivity contribution in [3.8, 4) is 0 Å². The third kappa shape index (κ3) is 3.86. The van der Waals surface area contributed by atoms with Crippen molar-refractivity contribution >= 4 is 39.3 Å². The lowest BCUT2D eigenvalue weighted by Gasteiger charge is -2.12. The molecule has 0 saturated heterocycles. The molecule has 2 aromatic rings. The molecule has 1 aromatic carbocycles. The Morgan fingerprint density at radius 2 is 2.00 bits per heavy atom. The van der Waals surface area contributed by atoms with E-state index in [4.69, 9.17) is 5.84 Å². The zero-order chi connectivity index (χ0) is 16.3. The summed E-state index contributed by atoms with van der Waals surface area (Å²) >= 11 is 4.39. The highest BCUT2D eigenvalue weighted by Gasteiger charge is 2.18. The van der Waals surface area contributed by atoms with Crippen molar-refractivity contribution in [1.29, 1.82) is 0 Å². The second-order valence-corrected chi connectivity index (χ2v) is 6.72. The number of carbonyl (C=O) groups excluding carboxylic acids is 1. The molecule has 0 unspecified atom stereocenters. The van der Waals surface area contributed by atoms with Gasteiger partial charge in [0.05, 0.1) is 5.25 Å². The van der Waals surface area contributed by atoms with Gasteiger partial charge in [0.1, 0.15) is 5.69 Å². The third-order valence-corrected chi connectivity index (χ3v) is 4.37. The van der Waals surface area contributed by atoms with Gasteiger partial charge >= 0.3 is 0 Å². The highest BCUT2D eigenvalue weighted by atomic mass is 79.9. The summed E-state index contributed by atoms with van der Waals surface area (Å²) in [5.74, 6) is 5.42. The number of anilines is 1. The van der Waals surface area contributed by atoms with Gasteiger partial charge in [-0.05, 0) is 38.1 Å². The summed E-state index contributed by atoms with van der Waals surface area (Å²) in [5, 5.41) is 10.0. The van der Waals surface area contributed by atoms with E-state index in [-0.39, 0.29) is 16.8 Å².